The summed E-state index contributed by atoms with van der Waals surface area (Å²) in [6.45, 7) is 10.1. The van der Waals surface area contributed by atoms with Crippen LogP contribution in [-0.4, -0.2) is 30.9 Å². The van der Waals surface area contributed by atoms with Gasteiger partial charge in [0.2, 0.25) is 10.0 Å². The van der Waals surface area contributed by atoms with Crippen molar-refractivity contribution in [3.05, 3.63) is 57.6 Å². The first-order valence-electron chi connectivity index (χ1n) is 9.97. The van der Waals surface area contributed by atoms with E-state index in [9.17, 15) is 13.5 Å². The van der Waals surface area contributed by atoms with Crippen molar-refractivity contribution >= 4 is 33.2 Å². The number of rotatable bonds is 10. The molecule has 0 bridgehead atoms. The van der Waals surface area contributed by atoms with E-state index in [1.165, 1.54) is 22.5 Å². The molecule has 0 saturated heterocycles. The molecule has 0 unspecified atom stereocenters. The number of halogens is 2. The number of sulfonamides is 1. The van der Waals surface area contributed by atoms with Crippen LogP contribution in [0.1, 0.15) is 38.8 Å². The number of nitrogens with one attached hydrogen (secondary N) is 1. The van der Waals surface area contributed by atoms with Crippen LogP contribution in [0.25, 0.3) is 0 Å². The third-order valence-corrected chi connectivity index (χ3v) is 6.76. The van der Waals surface area contributed by atoms with Gasteiger partial charge in [-0.25, -0.2) is 8.42 Å². The third kappa shape index (κ3) is 6.86. The van der Waals surface area contributed by atoms with Gasteiger partial charge in [-0.3, -0.25) is 0 Å². The number of hydrogen-bond acceptors (Lipinski definition) is 4. The van der Waals surface area contributed by atoms with Gasteiger partial charge in [-0.1, -0.05) is 63.0 Å². The first kappa shape index (κ1) is 25.0. The van der Waals surface area contributed by atoms with Crippen molar-refractivity contribution in [1.29, 1.82) is 0 Å². The van der Waals surface area contributed by atoms with Crippen molar-refractivity contribution in [2.24, 2.45) is 11.8 Å². The minimum Gasteiger partial charge on any atom is -0.505 e. The highest BCUT2D eigenvalue weighted by Crippen LogP contribution is 2.33. The van der Waals surface area contributed by atoms with Gasteiger partial charge in [-0.15, -0.1) is 0 Å². The van der Waals surface area contributed by atoms with Gasteiger partial charge in [0.15, 0.2) is 5.75 Å². The Morgan fingerprint density at radius 3 is 2.33 bits per heavy atom. The molecule has 0 aliphatic carbocycles. The fourth-order valence-electron chi connectivity index (χ4n) is 3.12. The molecule has 0 heterocycles. The number of phenols is 1. The molecule has 0 saturated carbocycles. The molecular weight excluding hydrogens is 443 g/mol. The Morgan fingerprint density at radius 1 is 1.03 bits per heavy atom. The third-order valence-electron chi connectivity index (χ3n) is 4.39. The molecule has 2 rings (SSSR count). The smallest absolute Gasteiger partial charge is 0.247 e. The molecule has 0 spiro atoms. The van der Waals surface area contributed by atoms with E-state index in [2.05, 4.69) is 19.2 Å². The molecule has 2 aromatic carbocycles. The van der Waals surface area contributed by atoms with Gasteiger partial charge in [-0.2, -0.15) is 4.31 Å². The molecule has 0 radical (unpaired) electrons. The van der Waals surface area contributed by atoms with Crippen LogP contribution < -0.4 is 5.32 Å². The number of benzene rings is 2. The predicted octanol–water partition coefficient (Wildman–Crippen LogP) is 5.29. The molecule has 0 atom stereocenters. The maximum absolute atomic E-state index is 13.3. The summed E-state index contributed by atoms with van der Waals surface area (Å²) >= 11 is 12.3. The summed E-state index contributed by atoms with van der Waals surface area (Å²) in [5, 5.41) is 14.2. The number of aromatic hydroxyl groups is 1. The summed E-state index contributed by atoms with van der Waals surface area (Å²) < 4.78 is 28.0. The lowest BCUT2D eigenvalue weighted by Gasteiger charge is -2.25. The molecule has 2 N–H and O–H groups in total. The van der Waals surface area contributed by atoms with Crippen LogP contribution in [0.3, 0.4) is 0 Å². The number of phenolic OH excluding ortho intramolecular Hbond substituents is 1. The number of nitrogens with zero attached hydrogens (tertiary/aromatic N) is 1. The van der Waals surface area contributed by atoms with Crippen molar-refractivity contribution in [2.75, 3.05) is 13.1 Å². The lowest BCUT2D eigenvalue weighted by Crippen LogP contribution is -2.34. The van der Waals surface area contributed by atoms with Gasteiger partial charge in [0.1, 0.15) is 4.90 Å². The van der Waals surface area contributed by atoms with Crippen molar-refractivity contribution in [3.63, 3.8) is 0 Å². The van der Waals surface area contributed by atoms with E-state index in [0.29, 0.717) is 24.0 Å². The molecular formula is C22H30Cl2N2O3S. The Balaban J connectivity index is 2.35. The molecule has 2 aromatic rings. The van der Waals surface area contributed by atoms with Gasteiger partial charge >= 0.3 is 0 Å². The Labute approximate surface area is 190 Å². The van der Waals surface area contributed by atoms with Gasteiger partial charge in [0.05, 0.1) is 5.02 Å². The molecule has 8 heteroatoms. The minimum atomic E-state index is -3.96. The molecule has 30 heavy (non-hydrogen) atoms. The second-order valence-corrected chi connectivity index (χ2v) is 11.0. The summed E-state index contributed by atoms with van der Waals surface area (Å²) in [5.74, 6) is 0.186. The van der Waals surface area contributed by atoms with E-state index in [1.807, 2.05) is 26.0 Å². The Kier molecular flexibility index (Phi) is 9.00. The highest BCUT2D eigenvalue weighted by atomic mass is 35.5. The second-order valence-electron chi connectivity index (χ2n) is 8.27. The van der Waals surface area contributed by atoms with E-state index < -0.39 is 15.8 Å². The van der Waals surface area contributed by atoms with Crippen molar-refractivity contribution in [2.45, 2.75) is 45.7 Å². The Hall–Kier alpha value is -1.31. The van der Waals surface area contributed by atoms with Crippen LogP contribution >= 0.6 is 23.2 Å². The van der Waals surface area contributed by atoms with E-state index in [-0.39, 0.29) is 22.4 Å². The summed E-state index contributed by atoms with van der Waals surface area (Å²) in [6, 6.07) is 9.94. The Morgan fingerprint density at radius 2 is 1.70 bits per heavy atom. The molecule has 0 aliphatic rings. The zero-order valence-electron chi connectivity index (χ0n) is 17.8. The van der Waals surface area contributed by atoms with Crippen LogP contribution in [0.2, 0.25) is 10.0 Å². The van der Waals surface area contributed by atoms with E-state index in [1.54, 1.807) is 6.07 Å². The second kappa shape index (κ2) is 10.8. The Bertz CT molecular complexity index is 963. The summed E-state index contributed by atoms with van der Waals surface area (Å²) in [5.41, 5.74) is 1.78. The van der Waals surface area contributed by atoms with Crippen molar-refractivity contribution < 1.29 is 13.5 Å². The highest BCUT2D eigenvalue weighted by Gasteiger charge is 2.29. The van der Waals surface area contributed by atoms with Crippen molar-refractivity contribution in [1.82, 2.24) is 9.62 Å². The number of para-hydroxylation sites is 1. The van der Waals surface area contributed by atoms with Crippen LogP contribution in [0.4, 0.5) is 0 Å². The molecule has 166 valence electrons. The highest BCUT2D eigenvalue weighted by molar-refractivity contribution is 7.89. The van der Waals surface area contributed by atoms with Crippen LogP contribution in [0.15, 0.2) is 41.3 Å². The molecule has 0 aromatic heterocycles. The maximum Gasteiger partial charge on any atom is 0.247 e. The maximum atomic E-state index is 13.3. The van der Waals surface area contributed by atoms with Crippen LogP contribution in [0, 0.1) is 11.8 Å². The van der Waals surface area contributed by atoms with Gasteiger partial charge in [0.25, 0.3) is 0 Å². The van der Waals surface area contributed by atoms with Gasteiger partial charge in [-0.05, 0) is 53.8 Å². The molecule has 0 fully saturated rings. The lowest BCUT2D eigenvalue weighted by atomic mass is 10.1. The van der Waals surface area contributed by atoms with Gasteiger partial charge < -0.3 is 10.4 Å². The van der Waals surface area contributed by atoms with E-state index in [4.69, 9.17) is 23.2 Å². The standard InChI is InChI=1S/C22H30Cl2N2O3S/c1-15(2)11-25-12-17-8-18(10-19(23)9-17)14-26(13-16(3)4)30(28,29)21-7-5-6-20(24)22(21)27/h5-10,15-16,25,27H,11-14H2,1-4H3. The van der Waals surface area contributed by atoms with Gasteiger partial charge in [0, 0.05) is 24.7 Å². The lowest BCUT2D eigenvalue weighted by molar-refractivity contribution is 0.359. The summed E-state index contributed by atoms with van der Waals surface area (Å²) in [7, 11) is -3.96. The normalized spacial score (nSPS) is 12.3. The molecule has 0 aliphatic heterocycles. The van der Waals surface area contributed by atoms with Crippen molar-refractivity contribution in [3.8, 4) is 5.75 Å². The average Bonchev–Trinajstić information content (AvgIpc) is 2.62. The first-order valence-corrected chi connectivity index (χ1v) is 12.2. The predicted molar refractivity (Wildman–Crippen MR) is 124 cm³/mol. The van der Waals surface area contributed by atoms with E-state index >= 15 is 0 Å². The zero-order valence-corrected chi connectivity index (χ0v) is 20.2. The SMILES string of the molecule is CC(C)CNCc1cc(Cl)cc(CN(CC(C)C)S(=O)(=O)c2cccc(Cl)c2O)c1. The fraction of sp³-hybridized carbons (Fsp3) is 0.455. The topological polar surface area (TPSA) is 69.6 Å². The van der Waals surface area contributed by atoms with E-state index in [0.717, 1.165) is 17.7 Å². The average molecular weight is 473 g/mol. The van der Waals surface area contributed by atoms with Crippen LogP contribution in [-0.2, 0) is 23.1 Å². The molecule has 0 amide bonds. The fourth-order valence-corrected chi connectivity index (χ4v) is 5.32. The first-order chi connectivity index (χ1) is 14.0. The number of hydrogen-bond donors (Lipinski definition) is 2. The quantitative estimate of drug-likeness (QED) is 0.492. The monoisotopic (exact) mass is 472 g/mol. The minimum absolute atomic E-state index is 0.00170. The van der Waals surface area contributed by atoms with Crippen LogP contribution in [0.5, 0.6) is 5.75 Å². The molecule has 5 nitrogen and oxygen atoms in total. The summed E-state index contributed by atoms with van der Waals surface area (Å²) in [6.07, 6.45) is 0. The largest absolute Gasteiger partial charge is 0.505 e. The summed E-state index contributed by atoms with van der Waals surface area (Å²) in [4.78, 5) is -0.198. The zero-order chi connectivity index (χ0) is 22.5.